The molecule has 0 fully saturated rings. The van der Waals surface area contributed by atoms with E-state index in [4.69, 9.17) is 4.74 Å². The Balaban J connectivity index is 2.39. The van der Waals surface area contributed by atoms with Gasteiger partial charge in [-0.15, -0.1) is 0 Å². The third-order valence-corrected chi connectivity index (χ3v) is 2.70. The third-order valence-electron chi connectivity index (χ3n) is 2.25. The second-order valence-corrected chi connectivity index (χ2v) is 5.50. The topological polar surface area (TPSA) is 21.3 Å². The average molecular weight is 304 g/mol. The average Bonchev–Trinajstić information content (AvgIpc) is 2.22. The number of halogens is 2. The van der Waals surface area contributed by atoms with Crippen LogP contribution in [-0.2, 0) is 0 Å². The van der Waals surface area contributed by atoms with Crippen LogP contribution in [0.25, 0.3) is 0 Å². The monoisotopic (exact) mass is 303 g/mol. The lowest BCUT2D eigenvalue weighted by molar-refractivity contribution is 0.252. The molecule has 0 aromatic heterocycles. The van der Waals surface area contributed by atoms with Gasteiger partial charge in [-0.25, -0.2) is 4.39 Å². The van der Waals surface area contributed by atoms with E-state index in [1.165, 1.54) is 12.1 Å². The number of hydrogen-bond donors (Lipinski definition) is 1. The minimum atomic E-state index is -0.290. The van der Waals surface area contributed by atoms with Gasteiger partial charge in [0.15, 0.2) is 0 Å². The summed E-state index contributed by atoms with van der Waals surface area (Å²) in [5.74, 6) is 0.662. The van der Waals surface area contributed by atoms with E-state index in [1.807, 2.05) is 0 Å². The highest BCUT2D eigenvalue weighted by Gasteiger charge is 2.05. The van der Waals surface area contributed by atoms with Crippen LogP contribution in [-0.4, -0.2) is 19.2 Å². The molecule has 1 aromatic carbocycles. The van der Waals surface area contributed by atoms with Crippen LogP contribution in [0.15, 0.2) is 22.7 Å². The van der Waals surface area contributed by atoms with Gasteiger partial charge in [-0.1, -0.05) is 36.7 Å². The van der Waals surface area contributed by atoms with Crippen molar-refractivity contribution in [1.82, 2.24) is 5.32 Å². The summed E-state index contributed by atoms with van der Waals surface area (Å²) < 4.78 is 19.3. The molecule has 17 heavy (non-hydrogen) atoms. The van der Waals surface area contributed by atoms with Crippen molar-refractivity contribution < 1.29 is 9.13 Å². The first-order valence-corrected chi connectivity index (χ1v) is 6.59. The Hall–Kier alpha value is -0.610. The van der Waals surface area contributed by atoms with Crippen molar-refractivity contribution in [2.45, 2.75) is 26.8 Å². The molecule has 0 radical (unpaired) electrons. The molecule has 1 rings (SSSR count). The van der Waals surface area contributed by atoms with Crippen molar-refractivity contribution in [1.29, 1.82) is 0 Å². The number of nitrogens with one attached hydrogen (secondary N) is 1. The van der Waals surface area contributed by atoms with E-state index in [1.54, 1.807) is 6.07 Å². The minimum absolute atomic E-state index is 0.290. The summed E-state index contributed by atoms with van der Waals surface area (Å²) >= 11 is 3.24. The summed E-state index contributed by atoms with van der Waals surface area (Å²) in [4.78, 5) is 0. The van der Waals surface area contributed by atoms with E-state index in [-0.39, 0.29) is 5.82 Å². The van der Waals surface area contributed by atoms with Crippen LogP contribution in [0, 0.1) is 11.7 Å². The van der Waals surface area contributed by atoms with E-state index >= 15 is 0 Å². The number of benzene rings is 1. The molecule has 0 bridgehead atoms. The molecular formula is C13H19BrFNO. The van der Waals surface area contributed by atoms with Gasteiger partial charge in [0.05, 0.1) is 6.61 Å². The van der Waals surface area contributed by atoms with Gasteiger partial charge in [-0.2, -0.15) is 0 Å². The van der Waals surface area contributed by atoms with E-state index < -0.39 is 0 Å². The summed E-state index contributed by atoms with van der Waals surface area (Å²) in [6.07, 6.45) is 0. The highest BCUT2D eigenvalue weighted by atomic mass is 79.9. The van der Waals surface area contributed by atoms with Crippen molar-refractivity contribution >= 4 is 15.9 Å². The Bertz CT molecular complexity index is 337. The second-order valence-electron chi connectivity index (χ2n) is 4.58. The maximum Gasteiger partial charge on any atom is 0.128 e. The number of ether oxygens (including phenoxy) is 1. The minimum Gasteiger partial charge on any atom is -0.493 e. The van der Waals surface area contributed by atoms with Crippen molar-refractivity contribution in [3.05, 3.63) is 28.5 Å². The zero-order valence-electron chi connectivity index (χ0n) is 10.5. The molecule has 0 saturated carbocycles. The smallest absolute Gasteiger partial charge is 0.128 e. The summed E-state index contributed by atoms with van der Waals surface area (Å²) in [7, 11) is 0. The third kappa shape index (κ3) is 6.03. The van der Waals surface area contributed by atoms with Gasteiger partial charge in [0, 0.05) is 29.0 Å². The molecule has 4 heteroatoms. The van der Waals surface area contributed by atoms with Crippen LogP contribution in [0.4, 0.5) is 4.39 Å². The molecule has 1 unspecified atom stereocenters. The molecule has 1 atom stereocenters. The van der Waals surface area contributed by atoms with E-state index in [0.29, 0.717) is 28.8 Å². The molecule has 0 aliphatic heterocycles. The van der Waals surface area contributed by atoms with Gasteiger partial charge < -0.3 is 10.1 Å². The molecule has 96 valence electrons. The first-order valence-electron chi connectivity index (χ1n) is 5.79. The standard InChI is InChI=1S/C13H19BrFNO/c1-9(2)16-7-10(3)8-17-13-5-11(14)4-12(15)6-13/h4-6,9-10,16H,7-8H2,1-3H3. The largest absolute Gasteiger partial charge is 0.493 e. The van der Waals surface area contributed by atoms with Crippen LogP contribution in [0.3, 0.4) is 0 Å². The molecule has 0 amide bonds. The summed E-state index contributed by atoms with van der Waals surface area (Å²) in [5, 5.41) is 3.34. The summed E-state index contributed by atoms with van der Waals surface area (Å²) in [6.45, 7) is 7.79. The van der Waals surface area contributed by atoms with Crippen molar-refractivity contribution in [3.63, 3.8) is 0 Å². The molecule has 2 nitrogen and oxygen atoms in total. The van der Waals surface area contributed by atoms with Gasteiger partial charge in [0.1, 0.15) is 11.6 Å². The maximum atomic E-state index is 13.1. The lowest BCUT2D eigenvalue weighted by Crippen LogP contribution is -2.30. The highest BCUT2D eigenvalue weighted by Crippen LogP contribution is 2.20. The van der Waals surface area contributed by atoms with Crippen LogP contribution < -0.4 is 10.1 Å². The SMILES string of the molecule is CC(CNC(C)C)COc1cc(F)cc(Br)c1. The zero-order valence-corrected chi connectivity index (χ0v) is 12.1. The molecule has 1 N–H and O–H groups in total. The fourth-order valence-corrected chi connectivity index (χ4v) is 1.79. The van der Waals surface area contributed by atoms with Gasteiger partial charge in [-0.05, 0) is 12.1 Å². The predicted octanol–water partition coefficient (Wildman–Crippen LogP) is 3.60. The Labute approximate surface area is 111 Å². The molecule has 0 aliphatic carbocycles. The first-order chi connectivity index (χ1) is 7.97. The number of rotatable bonds is 6. The lowest BCUT2D eigenvalue weighted by Gasteiger charge is -2.15. The summed E-state index contributed by atoms with van der Waals surface area (Å²) in [6, 6.07) is 5.05. The van der Waals surface area contributed by atoms with Crippen molar-refractivity contribution in [2.24, 2.45) is 5.92 Å². The van der Waals surface area contributed by atoms with Crippen molar-refractivity contribution in [3.8, 4) is 5.75 Å². The fraction of sp³-hybridized carbons (Fsp3) is 0.538. The molecule has 0 heterocycles. The molecular weight excluding hydrogens is 285 g/mol. The predicted molar refractivity (Wildman–Crippen MR) is 71.9 cm³/mol. The van der Waals surface area contributed by atoms with E-state index in [9.17, 15) is 4.39 Å². The van der Waals surface area contributed by atoms with Crippen LogP contribution in [0.5, 0.6) is 5.75 Å². The van der Waals surface area contributed by atoms with Crippen molar-refractivity contribution in [2.75, 3.05) is 13.2 Å². The number of hydrogen-bond acceptors (Lipinski definition) is 2. The lowest BCUT2D eigenvalue weighted by atomic mass is 10.2. The van der Waals surface area contributed by atoms with Gasteiger partial charge in [-0.3, -0.25) is 0 Å². The molecule has 0 spiro atoms. The Morgan fingerprint density at radius 2 is 2.00 bits per heavy atom. The van der Waals surface area contributed by atoms with Crippen LogP contribution >= 0.6 is 15.9 Å². The fourth-order valence-electron chi connectivity index (χ4n) is 1.35. The maximum absolute atomic E-state index is 13.1. The molecule has 0 aliphatic rings. The Kier molecular flexibility index (Phi) is 5.92. The van der Waals surface area contributed by atoms with E-state index in [2.05, 4.69) is 42.0 Å². The van der Waals surface area contributed by atoms with E-state index in [0.717, 1.165) is 6.54 Å². The highest BCUT2D eigenvalue weighted by molar-refractivity contribution is 9.10. The van der Waals surface area contributed by atoms with Crippen LogP contribution in [0.2, 0.25) is 0 Å². The Morgan fingerprint density at radius 3 is 2.59 bits per heavy atom. The quantitative estimate of drug-likeness (QED) is 0.867. The Morgan fingerprint density at radius 1 is 1.29 bits per heavy atom. The van der Waals surface area contributed by atoms with Gasteiger partial charge >= 0.3 is 0 Å². The summed E-state index contributed by atoms with van der Waals surface area (Å²) in [5.41, 5.74) is 0. The van der Waals surface area contributed by atoms with Gasteiger partial charge in [0.2, 0.25) is 0 Å². The second kappa shape index (κ2) is 6.97. The first kappa shape index (κ1) is 14.5. The zero-order chi connectivity index (χ0) is 12.8. The molecule has 1 aromatic rings. The normalized spacial score (nSPS) is 12.8. The molecule has 0 saturated heterocycles. The van der Waals surface area contributed by atoms with Crippen LogP contribution in [0.1, 0.15) is 20.8 Å². The van der Waals surface area contributed by atoms with Gasteiger partial charge in [0.25, 0.3) is 0 Å².